The lowest BCUT2D eigenvalue weighted by Gasteiger charge is -1.98. The van der Waals surface area contributed by atoms with Crippen molar-refractivity contribution in [2.45, 2.75) is 0 Å². The minimum atomic E-state index is -0.297. The standard InChI is InChI=1S/C8H3I2NO2/c9-5-1-3-4(2-6(5)10)8(13)11-7(3)12/h1-2H,(H,11,12,13). The number of halogens is 2. The topological polar surface area (TPSA) is 46.2 Å². The number of carbonyl (C=O) groups is 2. The van der Waals surface area contributed by atoms with E-state index in [4.69, 9.17) is 0 Å². The first-order chi connectivity index (χ1) is 6.09. The minimum Gasteiger partial charge on any atom is -0.288 e. The van der Waals surface area contributed by atoms with E-state index in [2.05, 4.69) is 50.5 Å². The molecule has 66 valence electrons. The number of amides is 2. The Bertz CT molecular complexity index is 389. The summed E-state index contributed by atoms with van der Waals surface area (Å²) in [6.45, 7) is 0. The summed E-state index contributed by atoms with van der Waals surface area (Å²) in [5.41, 5.74) is 0.963. The zero-order valence-corrected chi connectivity index (χ0v) is 10.5. The second kappa shape index (κ2) is 3.19. The maximum absolute atomic E-state index is 11.2. The van der Waals surface area contributed by atoms with Crippen molar-refractivity contribution in [1.82, 2.24) is 5.32 Å². The summed E-state index contributed by atoms with van der Waals surface area (Å²) in [6.07, 6.45) is 0. The predicted octanol–water partition coefficient (Wildman–Crippen LogP) is 1.78. The van der Waals surface area contributed by atoms with Crippen LogP contribution in [0.3, 0.4) is 0 Å². The number of nitrogens with one attached hydrogen (secondary N) is 1. The van der Waals surface area contributed by atoms with Crippen LogP contribution in [0.25, 0.3) is 0 Å². The first-order valence-corrected chi connectivity index (χ1v) is 5.60. The number of hydrogen-bond acceptors (Lipinski definition) is 2. The molecule has 5 heteroatoms. The molecule has 1 heterocycles. The van der Waals surface area contributed by atoms with Crippen LogP contribution >= 0.6 is 45.2 Å². The molecular formula is C8H3I2NO2. The molecule has 0 spiro atoms. The van der Waals surface area contributed by atoms with E-state index < -0.39 is 0 Å². The lowest BCUT2D eigenvalue weighted by Crippen LogP contribution is -2.19. The van der Waals surface area contributed by atoms with Gasteiger partial charge in [-0.05, 0) is 57.3 Å². The molecule has 1 aliphatic rings. The Labute approximate surface area is 102 Å². The summed E-state index contributed by atoms with van der Waals surface area (Å²) >= 11 is 4.27. The summed E-state index contributed by atoms with van der Waals surface area (Å²) in [5, 5.41) is 2.25. The third-order valence-corrected chi connectivity index (χ3v) is 4.59. The average molecular weight is 399 g/mol. The van der Waals surface area contributed by atoms with Crippen LogP contribution in [0, 0.1) is 7.14 Å². The fraction of sp³-hybridized carbons (Fsp3) is 0. The molecule has 1 N–H and O–H groups in total. The van der Waals surface area contributed by atoms with Gasteiger partial charge in [0.05, 0.1) is 11.1 Å². The van der Waals surface area contributed by atoms with Gasteiger partial charge in [0.2, 0.25) is 0 Å². The smallest absolute Gasteiger partial charge is 0.258 e. The third-order valence-electron chi connectivity index (χ3n) is 1.78. The predicted molar refractivity (Wildman–Crippen MR) is 63.7 cm³/mol. The van der Waals surface area contributed by atoms with Crippen LogP contribution in [0.5, 0.6) is 0 Å². The Balaban J connectivity index is 2.72. The van der Waals surface area contributed by atoms with Crippen molar-refractivity contribution in [3.8, 4) is 0 Å². The van der Waals surface area contributed by atoms with Gasteiger partial charge in [-0.1, -0.05) is 0 Å². The normalized spacial score (nSPS) is 14.3. The zero-order chi connectivity index (χ0) is 9.59. The first kappa shape index (κ1) is 9.38. The summed E-state index contributed by atoms with van der Waals surface area (Å²) in [4.78, 5) is 22.4. The van der Waals surface area contributed by atoms with Gasteiger partial charge < -0.3 is 0 Å². The van der Waals surface area contributed by atoms with E-state index in [1.807, 2.05) is 0 Å². The van der Waals surface area contributed by atoms with Gasteiger partial charge in [0.15, 0.2) is 0 Å². The highest BCUT2D eigenvalue weighted by atomic mass is 127. The summed E-state index contributed by atoms with van der Waals surface area (Å²) in [5.74, 6) is -0.594. The molecule has 0 bridgehead atoms. The van der Waals surface area contributed by atoms with Crippen molar-refractivity contribution in [3.05, 3.63) is 30.4 Å². The molecule has 1 aromatic carbocycles. The van der Waals surface area contributed by atoms with Gasteiger partial charge in [-0.2, -0.15) is 0 Å². The number of benzene rings is 1. The fourth-order valence-corrected chi connectivity index (χ4v) is 2.09. The van der Waals surface area contributed by atoms with Crippen LogP contribution in [-0.4, -0.2) is 11.8 Å². The quantitative estimate of drug-likeness (QED) is 0.535. The van der Waals surface area contributed by atoms with Crippen LogP contribution in [-0.2, 0) is 0 Å². The number of hydrogen-bond donors (Lipinski definition) is 1. The molecule has 0 saturated heterocycles. The molecule has 13 heavy (non-hydrogen) atoms. The molecular weight excluding hydrogens is 396 g/mol. The van der Waals surface area contributed by atoms with Crippen molar-refractivity contribution in [1.29, 1.82) is 0 Å². The lowest BCUT2D eigenvalue weighted by atomic mass is 10.1. The maximum atomic E-state index is 11.2. The molecule has 2 amide bonds. The minimum absolute atomic E-state index is 0.297. The Morgan fingerprint density at radius 2 is 1.31 bits per heavy atom. The van der Waals surface area contributed by atoms with Crippen LogP contribution in [0.4, 0.5) is 0 Å². The zero-order valence-electron chi connectivity index (χ0n) is 6.23. The molecule has 0 aliphatic carbocycles. The number of rotatable bonds is 0. The average Bonchev–Trinajstić information content (AvgIpc) is 2.31. The van der Waals surface area contributed by atoms with Gasteiger partial charge in [0, 0.05) is 7.14 Å². The van der Waals surface area contributed by atoms with Crippen LogP contribution in [0.15, 0.2) is 12.1 Å². The van der Waals surface area contributed by atoms with Crippen molar-refractivity contribution < 1.29 is 9.59 Å². The molecule has 0 aromatic heterocycles. The van der Waals surface area contributed by atoms with Crippen LogP contribution < -0.4 is 5.32 Å². The number of imide groups is 1. The van der Waals surface area contributed by atoms with Gasteiger partial charge in [-0.15, -0.1) is 0 Å². The highest BCUT2D eigenvalue weighted by molar-refractivity contribution is 14.1. The highest BCUT2D eigenvalue weighted by Crippen LogP contribution is 2.23. The van der Waals surface area contributed by atoms with E-state index in [0.29, 0.717) is 11.1 Å². The molecule has 0 saturated carbocycles. The Hall–Kier alpha value is -0.180. The van der Waals surface area contributed by atoms with E-state index in [1.165, 1.54) is 0 Å². The van der Waals surface area contributed by atoms with Gasteiger partial charge in [0.25, 0.3) is 11.8 Å². The van der Waals surface area contributed by atoms with E-state index in [1.54, 1.807) is 12.1 Å². The highest BCUT2D eigenvalue weighted by Gasteiger charge is 2.27. The largest absolute Gasteiger partial charge is 0.288 e. The maximum Gasteiger partial charge on any atom is 0.258 e. The summed E-state index contributed by atoms with van der Waals surface area (Å²) in [6, 6.07) is 3.47. The SMILES string of the molecule is O=C1NC(=O)c2cc(I)c(I)cc21. The van der Waals surface area contributed by atoms with E-state index in [0.717, 1.165) is 7.14 Å². The van der Waals surface area contributed by atoms with Crippen LogP contribution in [0.1, 0.15) is 20.7 Å². The molecule has 0 radical (unpaired) electrons. The van der Waals surface area contributed by atoms with Crippen molar-refractivity contribution in [3.63, 3.8) is 0 Å². The van der Waals surface area contributed by atoms with Crippen molar-refractivity contribution in [2.75, 3.05) is 0 Å². The van der Waals surface area contributed by atoms with Crippen molar-refractivity contribution >= 4 is 57.0 Å². The van der Waals surface area contributed by atoms with Gasteiger partial charge >= 0.3 is 0 Å². The summed E-state index contributed by atoms with van der Waals surface area (Å²) in [7, 11) is 0. The fourth-order valence-electron chi connectivity index (χ4n) is 1.16. The van der Waals surface area contributed by atoms with Gasteiger partial charge in [-0.25, -0.2) is 0 Å². The molecule has 2 rings (SSSR count). The molecule has 1 aromatic rings. The second-order valence-corrected chi connectivity index (χ2v) is 4.92. The van der Waals surface area contributed by atoms with E-state index in [-0.39, 0.29) is 11.8 Å². The molecule has 1 aliphatic heterocycles. The van der Waals surface area contributed by atoms with Gasteiger partial charge in [-0.3, -0.25) is 14.9 Å². The third kappa shape index (κ3) is 1.47. The summed E-state index contributed by atoms with van der Waals surface area (Å²) < 4.78 is 1.98. The van der Waals surface area contributed by atoms with E-state index >= 15 is 0 Å². The lowest BCUT2D eigenvalue weighted by molar-refractivity contribution is 0.0879. The first-order valence-electron chi connectivity index (χ1n) is 3.44. The van der Waals surface area contributed by atoms with Crippen LogP contribution in [0.2, 0.25) is 0 Å². The second-order valence-electron chi connectivity index (χ2n) is 2.60. The Kier molecular flexibility index (Phi) is 2.30. The van der Waals surface area contributed by atoms with Crippen molar-refractivity contribution in [2.24, 2.45) is 0 Å². The molecule has 3 nitrogen and oxygen atoms in total. The Morgan fingerprint density at radius 3 is 1.69 bits per heavy atom. The molecule has 0 unspecified atom stereocenters. The van der Waals surface area contributed by atoms with E-state index in [9.17, 15) is 9.59 Å². The van der Waals surface area contributed by atoms with Gasteiger partial charge in [0.1, 0.15) is 0 Å². The number of fused-ring (bicyclic) bond motifs is 1. The molecule has 0 fully saturated rings. The Morgan fingerprint density at radius 1 is 0.923 bits per heavy atom. The monoisotopic (exact) mass is 399 g/mol. The molecule has 0 atom stereocenters. The number of carbonyl (C=O) groups excluding carboxylic acids is 2.